The van der Waals surface area contributed by atoms with E-state index in [9.17, 15) is 4.79 Å². The fourth-order valence-corrected chi connectivity index (χ4v) is 3.07. The molecule has 1 heterocycles. The quantitative estimate of drug-likeness (QED) is 0.838. The summed E-state index contributed by atoms with van der Waals surface area (Å²) in [4.78, 5) is 13.3. The highest BCUT2D eigenvalue weighted by Crippen LogP contribution is 2.21. The minimum absolute atomic E-state index is 0.128. The largest absolute Gasteiger partial charge is 0.347 e. The molecule has 2 aromatic rings. The van der Waals surface area contributed by atoms with Crippen LogP contribution in [0.4, 0.5) is 0 Å². The third-order valence-electron chi connectivity index (χ3n) is 2.55. The average molecular weight is 349 g/mol. The molecule has 0 atom stereocenters. The number of nitrogens with two attached hydrogens (primary N) is 1. The molecule has 0 bridgehead atoms. The Hall–Kier alpha value is -1.61. The van der Waals surface area contributed by atoms with Crippen molar-refractivity contribution in [3.8, 4) is 11.8 Å². The normalized spacial score (nSPS) is 9.70. The lowest BCUT2D eigenvalue weighted by atomic mass is 10.1. The molecule has 1 aromatic heterocycles. The highest BCUT2D eigenvalue weighted by atomic mass is 79.9. The van der Waals surface area contributed by atoms with Crippen molar-refractivity contribution in [3.63, 3.8) is 0 Å². The van der Waals surface area contributed by atoms with Crippen molar-refractivity contribution in [1.29, 1.82) is 0 Å². The fourth-order valence-electron chi connectivity index (χ4n) is 1.65. The van der Waals surface area contributed by atoms with E-state index in [1.54, 1.807) is 17.4 Å². The van der Waals surface area contributed by atoms with Crippen molar-refractivity contribution in [2.24, 2.45) is 5.73 Å². The van der Waals surface area contributed by atoms with Gasteiger partial charge in [0, 0.05) is 10.4 Å². The molecule has 5 heteroatoms. The van der Waals surface area contributed by atoms with E-state index in [1.807, 2.05) is 30.3 Å². The molecule has 102 valence electrons. The lowest BCUT2D eigenvalue weighted by Gasteiger charge is -2.05. The molecule has 0 radical (unpaired) electrons. The summed E-state index contributed by atoms with van der Waals surface area (Å²) in [5.41, 5.74) is 6.63. The molecule has 0 saturated carbocycles. The van der Waals surface area contributed by atoms with Gasteiger partial charge in [0.25, 0.3) is 5.91 Å². The Morgan fingerprint density at radius 3 is 2.80 bits per heavy atom. The molecule has 3 N–H and O–H groups in total. The maximum atomic E-state index is 12.2. The van der Waals surface area contributed by atoms with E-state index in [4.69, 9.17) is 5.73 Å². The molecule has 1 aromatic carbocycles. The number of halogens is 1. The van der Waals surface area contributed by atoms with Crippen molar-refractivity contribution < 1.29 is 4.79 Å². The number of hydrogen-bond donors (Lipinski definition) is 2. The van der Waals surface area contributed by atoms with E-state index < -0.39 is 0 Å². The van der Waals surface area contributed by atoms with Crippen LogP contribution in [0.1, 0.15) is 20.8 Å². The van der Waals surface area contributed by atoms with Crippen LogP contribution in [-0.2, 0) is 6.54 Å². The van der Waals surface area contributed by atoms with Crippen LogP contribution in [0, 0.1) is 11.8 Å². The summed E-state index contributed by atoms with van der Waals surface area (Å²) in [7, 11) is 0. The molecule has 0 aliphatic rings. The number of rotatable bonds is 3. The van der Waals surface area contributed by atoms with Gasteiger partial charge in [0.2, 0.25) is 0 Å². The van der Waals surface area contributed by atoms with Gasteiger partial charge in [-0.3, -0.25) is 4.79 Å². The minimum atomic E-state index is -0.128. The predicted octanol–water partition coefficient (Wildman–Crippen LogP) is 2.75. The summed E-state index contributed by atoms with van der Waals surface area (Å²) in [6.45, 7) is 0.785. The number of benzene rings is 1. The number of thiophene rings is 1. The van der Waals surface area contributed by atoms with Gasteiger partial charge in [-0.15, -0.1) is 11.3 Å². The zero-order valence-corrected chi connectivity index (χ0v) is 13.1. The van der Waals surface area contributed by atoms with Crippen LogP contribution in [0.2, 0.25) is 0 Å². The maximum Gasteiger partial charge on any atom is 0.252 e. The molecule has 0 saturated heterocycles. The van der Waals surface area contributed by atoms with Gasteiger partial charge < -0.3 is 11.1 Å². The van der Waals surface area contributed by atoms with Gasteiger partial charge in [-0.1, -0.05) is 24.0 Å². The summed E-state index contributed by atoms with van der Waals surface area (Å²) in [5.74, 6) is 5.56. The first-order valence-corrected chi connectivity index (χ1v) is 7.62. The van der Waals surface area contributed by atoms with E-state index in [1.165, 1.54) is 0 Å². The van der Waals surface area contributed by atoms with Crippen molar-refractivity contribution in [1.82, 2.24) is 5.32 Å². The third-order valence-corrected chi connectivity index (χ3v) is 4.17. The van der Waals surface area contributed by atoms with E-state index in [0.717, 1.165) is 8.66 Å². The number of amides is 1. The number of nitrogens with one attached hydrogen (secondary N) is 1. The highest BCUT2D eigenvalue weighted by Gasteiger charge is 2.09. The summed E-state index contributed by atoms with van der Waals surface area (Å²) >= 11 is 5.00. The SMILES string of the molecule is NCC#Cc1ccccc1C(=O)NCc1ccc(Br)s1. The molecular weight excluding hydrogens is 336 g/mol. The van der Waals surface area contributed by atoms with Crippen molar-refractivity contribution >= 4 is 33.2 Å². The first-order chi connectivity index (χ1) is 9.70. The smallest absolute Gasteiger partial charge is 0.252 e. The average Bonchev–Trinajstić information content (AvgIpc) is 2.88. The monoisotopic (exact) mass is 348 g/mol. The topological polar surface area (TPSA) is 55.1 Å². The standard InChI is InChI=1S/C15H13BrN2OS/c16-14-8-7-12(20-14)10-18-15(19)13-6-2-1-4-11(13)5-3-9-17/h1-2,4,6-8H,9-10,17H2,(H,18,19). The molecule has 20 heavy (non-hydrogen) atoms. The fraction of sp³-hybridized carbons (Fsp3) is 0.133. The summed E-state index contributed by atoms with van der Waals surface area (Å²) < 4.78 is 1.05. The van der Waals surface area contributed by atoms with Crippen LogP contribution in [0.25, 0.3) is 0 Å². The zero-order valence-electron chi connectivity index (χ0n) is 10.7. The Bertz CT molecular complexity index is 670. The van der Waals surface area contributed by atoms with Crippen LogP contribution in [-0.4, -0.2) is 12.5 Å². The van der Waals surface area contributed by atoms with Crippen LogP contribution >= 0.6 is 27.3 Å². The van der Waals surface area contributed by atoms with Gasteiger partial charge in [-0.2, -0.15) is 0 Å². The predicted molar refractivity (Wildman–Crippen MR) is 85.6 cm³/mol. The number of carbonyl (C=O) groups excluding carboxylic acids is 1. The Balaban J connectivity index is 2.09. The van der Waals surface area contributed by atoms with Crippen LogP contribution in [0.3, 0.4) is 0 Å². The lowest BCUT2D eigenvalue weighted by Crippen LogP contribution is -2.23. The molecule has 2 rings (SSSR count). The van der Waals surface area contributed by atoms with Gasteiger partial charge in [-0.25, -0.2) is 0 Å². The van der Waals surface area contributed by atoms with Crippen LogP contribution in [0.5, 0.6) is 0 Å². The summed E-state index contributed by atoms with van der Waals surface area (Å²) in [5, 5.41) is 2.90. The molecule has 0 aliphatic heterocycles. The minimum Gasteiger partial charge on any atom is -0.347 e. The molecule has 0 unspecified atom stereocenters. The Kier molecular flexibility index (Phi) is 5.36. The molecule has 0 aliphatic carbocycles. The second-order valence-electron chi connectivity index (χ2n) is 3.94. The Morgan fingerprint density at radius 2 is 2.10 bits per heavy atom. The van der Waals surface area contributed by atoms with Crippen LogP contribution < -0.4 is 11.1 Å². The second kappa shape index (κ2) is 7.25. The first kappa shape index (κ1) is 14.8. The molecule has 1 amide bonds. The van der Waals surface area contributed by atoms with Gasteiger partial charge >= 0.3 is 0 Å². The summed E-state index contributed by atoms with van der Waals surface area (Å²) in [6, 6.07) is 11.2. The second-order valence-corrected chi connectivity index (χ2v) is 6.49. The maximum absolute atomic E-state index is 12.2. The summed E-state index contributed by atoms with van der Waals surface area (Å²) in [6.07, 6.45) is 0. The van der Waals surface area contributed by atoms with Gasteiger partial charge in [0.15, 0.2) is 0 Å². The lowest BCUT2D eigenvalue weighted by molar-refractivity contribution is 0.0951. The molecule has 3 nitrogen and oxygen atoms in total. The van der Waals surface area contributed by atoms with E-state index >= 15 is 0 Å². The van der Waals surface area contributed by atoms with Gasteiger partial charge in [0.05, 0.1) is 22.4 Å². The molecule has 0 spiro atoms. The first-order valence-electron chi connectivity index (χ1n) is 6.01. The molecule has 0 fully saturated rings. The van der Waals surface area contributed by atoms with Crippen molar-refractivity contribution in [2.75, 3.05) is 6.54 Å². The third kappa shape index (κ3) is 3.94. The Morgan fingerprint density at radius 1 is 1.30 bits per heavy atom. The Labute approximate surface area is 130 Å². The van der Waals surface area contributed by atoms with Crippen molar-refractivity contribution in [2.45, 2.75) is 6.54 Å². The van der Waals surface area contributed by atoms with E-state index in [2.05, 4.69) is 33.1 Å². The molecular formula is C15H13BrN2OS. The zero-order chi connectivity index (χ0) is 14.4. The van der Waals surface area contributed by atoms with E-state index in [-0.39, 0.29) is 12.5 Å². The van der Waals surface area contributed by atoms with Gasteiger partial charge in [-0.05, 0) is 40.2 Å². The number of hydrogen-bond acceptors (Lipinski definition) is 3. The van der Waals surface area contributed by atoms with E-state index in [0.29, 0.717) is 17.7 Å². The van der Waals surface area contributed by atoms with Gasteiger partial charge in [0.1, 0.15) is 0 Å². The van der Waals surface area contributed by atoms with Crippen LogP contribution in [0.15, 0.2) is 40.2 Å². The number of carbonyl (C=O) groups is 1. The van der Waals surface area contributed by atoms with Crippen molar-refractivity contribution in [3.05, 3.63) is 56.2 Å². The highest BCUT2D eigenvalue weighted by molar-refractivity contribution is 9.11.